The van der Waals surface area contributed by atoms with Crippen LogP contribution >= 0.6 is 11.3 Å². The maximum atomic E-state index is 6.47. The van der Waals surface area contributed by atoms with Crippen molar-refractivity contribution in [2.45, 2.75) is 110 Å². The zero-order valence-corrected chi connectivity index (χ0v) is 34.6. The standard InChI is InChI=1S/C50H54N2OS/c1-31-24-33(51(10)42-30-54-45-29-40-39(28-36(42)45)49(6,7)22-23-50(40,8)9)26-34(25-31)52(32-18-19-37-38(27-32)48(4,5)21-20-47(37,2)3)41-15-13-17-44-46(41)35-14-11-12-16-43(35)53-44/h11-19,24-30H,20-23H2,1-10H3. The minimum Gasteiger partial charge on any atom is -0.456 e. The lowest BCUT2D eigenvalue weighted by Crippen LogP contribution is -2.34. The molecular weight excluding hydrogens is 677 g/mol. The monoisotopic (exact) mass is 730 g/mol. The van der Waals surface area contributed by atoms with Crippen molar-refractivity contribution in [3.05, 3.63) is 124 Å². The van der Waals surface area contributed by atoms with E-state index in [1.807, 2.05) is 11.3 Å². The molecule has 0 fully saturated rings. The van der Waals surface area contributed by atoms with Crippen LogP contribution in [0.5, 0.6) is 0 Å². The molecule has 0 N–H and O–H groups in total. The lowest BCUT2D eigenvalue weighted by atomic mass is 9.63. The number of thiophene rings is 1. The van der Waals surface area contributed by atoms with Crippen LogP contribution in [0.4, 0.5) is 28.4 Å². The Morgan fingerprint density at radius 2 is 1.15 bits per heavy atom. The number of hydrogen-bond acceptors (Lipinski definition) is 4. The molecule has 2 aromatic heterocycles. The molecule has 0 amide bonds. The predicted molar refractivity (Wildman–Crippen MR) is 234 cm³/mol. The number of fused-ring (bicyclic) bond motifs is 6. The van der Waals surface area contributed by atoms with Gasteiger partial charge in [0.2, 0.25) is 0 Å². The van der Waals surface area contributed by atoms with E-state index in [4.69, 9.17) is 4.42 Å². The fourth-order valence-corrected chi connectivity index (χ4v) is 10.6. The summed E-state index contributed by atoms with van der Waals surface area (Å²) in [5, 5.41) is 5.99. The van der Waals surface area contributed by atoms with Gasteiger partial charge in [-0.2, -0.15) is 0 Å². The molecule has 276 valence electrons. The molecular formula is C50H54N2OS. The highest BCUT2D eigenvalue weighted by molar-refractivity contribution is 7.17. The Morgan fingerprint density at radius 1 is 0.537 bits per heavy atom. The van der Waals surface area contributed by atoms with Gasteiger partial charge >= 0.3 is 0 Å². The molecule has 0 bridgehead atoms. The molecule has 2 heterocycles. The third-order valence-corrected chi connectivity index (χ3v) is 14.2. The zero-order chi connectivity index (χ0) is 37.9. The predicted octanol–water partition coefficient (Wildman–Crippen LogP) is 15.0. The molecule has 0 saturated heterocycles. The highest BCUT2D eigenvalue weighted by atomic mass is 32.1. The van der Waals surface area contributed by atoms with Gasteiger partial charge in [-0.25, -0.2) is 0 Å². The van der Waals surface area contributed by atoms with E-state index < -0.39 is 0 Å². The Balaban J connectivity index is 1.24. The van der Waals surface area contributed by atoms with Crippen LogP contribution in [0, 0.1) is 6.92 Å². The molecule has 5 aromatic carbocycles. The summed E-state index contributed by atoms with van der Waals surface area (Å²) in [6.07, 6.45) is 4.80. The Bertz CT molecular complexity index is 2610. The fraction of sp³-hybridized carbons (Fsp3) is 0.360. The van der Waals surface area contributed by atoms with E-state index in [2.05, 4.69) is 176 Å². The van der Waals surface area contributed by atoms with E-state index in [9.17, 15) is 0 Å². The number of aryl methyl sites for hydroxylation is 1. The third kappa shape index (κ3) is 5.50. The molecule has 54 heavy (non-hydrogen) atoms. The van der Waals surface area contributed by atoms with Crippen molar-refractivity contribution < 1.29 is 4.42 Å². The van der Waals surface area contributed by atoms with Crippen molar-refractivity contribution in [3.8, 4) is 0 Å². The normalized spacial score (nSPS) is 18.1. The SMILES string of the molecule is Cc1cc(N(C)c2csc3cc4c(cc23)C(C)(C)CCC4(C)C)cc(N(c2ccc3c(c2)C(C)(C)CCC3(C)C)c2cccc3oc4ccccc4c23)c1. The van der Waals surface area contributed by atoms with Crippen molar-refractivity contribution >= 4 is 71.8 Å². The second-order valence-electron chi connectivity index (χ2n) is 18.9. The van der Waals surface area contributed by atoms with Gasteiger partial charge in [0.1, 0.15) is 11.2 Å². The largest absolute Gasteiger partial charge is 0.456 e. The van der Waals surface area contributed by atoms with Crippen molar-refractivity contribution in [1.29, 1.82) is 0 Å². The molecule has 4 heteroatoms. The van der Waals surface area contributed by atoms with Crippen molar-refractivity contribution in [1.82, 2.24) is 0 Å². The Hall–Kier alpha value is -4.54. The average Bonchev–Trinajstić information content (AvgIpc) is 3.73. The molecule has 2 aliphatic carbocycles. The maximum absolute atomic E-state index is 6.47. The fourth-order valence-electron chi connectivity index (χ4n) is 9.62. The van der Waals surface area contributed by atoms with E-state index in [1.54, 1.807) is 0 Å². The van der Waals surface area contributed by atoms with E-state index in [0.29, 0.717) is 0 Å². The number of para-hydroxylation sites is 1. The van der Waals surface area contributed by atoms with Gasteiger partial charge in [-0.15, -0.1) is 11.3 Å². The minimum absolute atomic E-state index is 0.0852. The maximum Gasteiger partial charge on any atom is 0.137 e. The number of nitrogens with zero attached hydrogens (tertiary/aromatic N) is 2. The summed E-state index contributed by atoms with van der Waals surface area (Å²) in [5.74, 6) is 0. The van der Waals surface area contributed by atoms with Crippen molar-refractivity contribution in [2.24, 2.45) is 0 Å². The topological polar surface area (TPSA) is 19.6 Å². The van der Waals surface area contributed by atoms with Crippen LogP contribution in [-0.2, 0) is 21.7 Å². The summed E-state index contributed by atoms with van der Waals surface area (Å²) in [4.78, 5) is 4.90. The second-order valence-corrected chi connectivity index (χ2v) is 19.9. The van der Waals surface area contributed by atoms with Gasteiger partial charge in [0.25, 0.3) is 0 Å². The summed E-state index contributed by atoms with van der Waals surface area (Å²) in [5.41, 5.74) is 15.5. The van der Waals surface area contributed by atoms with E-state index >= 15 is 0 Å². The summed E-state index contributed by atoms with van der Waals surface area (Å²) in [6.45, 7) is 21.6. The van der Waals surface area contributed by atoms with Crippen LogP contribution in [0.15, 0.2) is 101 Å². The number of rotatable bonds is 5. The molecule has 7 aromatic rings. The molecule has 0 atom stereocenters. The lowest BCUT2D eigenvalue weighted by Gasteiger charge is -2.42. The van der Waals surface area contributed by atoms with Gasteiger partial charge in [-0.3, -0.25) is 0 Å². The lowest BCUT2D eigenvalue weighted by molar-refractivity contribution is 0.332. The summed E-state index contributed by atoms with van der Waals surface area (Å²) in [7, 11) is 2.24. The first-order valence-electron chi connectivity index (χ1n) is 19.8. The number of furan rings is 1. The van der Waals surface area contributed by atoms with Crippen LogP contribution < -0.4 is 9.80 Å². The highest BCUT2D eigenvalue weighted by Gasteiger charge is 2.39. The number of anilines is 5. The first-order valence-corrected chi connectivity index (χ1v) is 20.7. The van der Waals surface area contributed by atoms with Crippen LogP contribution in [0.25, 0.3) is 32.0 Å². The van der Waals surface area contributed by atoms with E-state index in [1.165, 1.54) is 80.6 Å². The molecule has 3 nitrogen and oxygen atoms in total. The van der Waals surface area contributed by atoms with Gasteiger partial charge in [0.15, 0.2) is 0 Å². The van der Waals surface area contributed by atoms with Gasteiger partial charge in [0.05, 0.1) is 16.8 Å². The molecule has 0 unspecified atom stereocenters. The molecule has 0 spiro atoms. The van der Waals surface area contributed by atoms with Crippen LogP contribution in [0.2, 0.25) is 0 Å². The van der Waals surface area contributed by atoms with Gasteiger partial charge < -0.3 is 14.2 Å². The quantitative estimate of drug-likeness (QED) is 0.176. The van der Waals surface area contributed by atoms with E-state index in [0.717, 1.165) is 33.3 Å². The molecule has 2 aliphatic rings. The van der Waals surface area contributed by atoms with Gasteiger partial charge in [-0.05, 0) is 143 Å². The molecule has 0 saturated carbocycles. The molecule has 9 rings (SSSR count). The number of hydrogen-bond donors (Lipinski definition) is 0. The van der Waals surface area contributed by atoms with Gasteiger partial charge in [0, 0.05) is 45.0 Å². The summed E-state index contributed by atoms with van der Waals surface area (Å²) in [6, 6.07) is 34.3. The van der Waals surface area contributed by atoms with Gasteiger partial charge in [-0.1, -0.05) is 85.7 Å². The van der Waals surface area contributed by atoms with Crippen LogP contribution in [0.1, 0.15) is 109 Å². The Kier molecular flexibility index (Phi) is 7.80. The van der Waals surface area contributed by atoms with Crippen molar-refractivity contribution in [3.63, 3.8) is 0 Å². The van der Waals surface area contributed by atoms with E-state index in [-0.39, 0.29) is 21.7 Å². The summed E-state index contributed by atoms with van der Waals surface area (Å²) >= 11 is 1.87. The zero-order valence-electron chi connectivity index (χ0n) is 33.8. The van der Waals surface area contributed by atoms with Crippen LogP contribution in [-0.4, -0.2) is 7.05 Å². The smallest absolute Gasteiger partial charge is 0.137 e. The van der Waals surface area contributed by atoms with Crippen LogP contribution in [0.3, 0.4) is 0 Å². The Labute approximate surface area is 325 Å². The van der Waals surface area contributed by atoms with Crippen molar-refractivity contribution in [2.75, 3.05) is 16.8 Å². The summed E-state index contributed by atoms with van der Waals surface area (Å²) < 4.78 is 7.84. The minimum atomic E-state index is 0.0852. The molecule has 0 radical (unpaired) electrons. The second kappa shape index (κ2) is 12.0. The Morgan fingerprint density at radius 3 is 1.87 bits per heavy atom. The number of benzene rings is 5. The molecule has 0 aliphatic heterocycles. The first-order chi connectivity index (χ1) is 25.5. The third-order valence-electron chi connectivity index (χ3n) is 13.3. The average molecular weight is 731 g/mol. The highest BCUT2D eigenvalue weighted by Crippen LogP contribution is 2.52. The first kappa shape index (κ1) is 35.2.